The molecule has 0 spiro atoms. The summed E-state index contributed by atoms with van der Waals surface area (Å²) in [5.41, 5.74) is 1.63. The zero-order chi connectivity index (χ0) is 21.1. The maximum absolute atomic E-state index is 11.8. The number of nitrogens with one attached hydrogen (secondary N) is 2. The summed E-state index contributed by atoms with van der Waals surface area (Å²) in [4.78, 5) is 34.7. The fraction of sp³-hybridized carbons (Fsp3) is 0.450. The first-order valence-corrected chi connectivity index (χ1v) is 9.37. The van der Waals surface area contributed by atoms with Crippen molar-refractivity contribution in [1.82, 2.24) is 10.6 Å². The number of hydrogen-bond acceptors (Lipinski definition) is 7. The normalized spacial score (nSPS) is 31.0. The van der Waals surface area contributed by atoms with Crippen molar-refractivity contribution in [1.29, 1.82) is 0 Å². The molecule has 1 aromatic carbocycles. The number of carbonyl (C=O) groups excluding carboxylic acids is 3. The number of carbonyl (C=O) groups is 3. The van der Waals surface area contributed by atoms with Crippen LogP contribution in [-0.4, -0.2) is 63.7 Å². The van der Waals surface area contributed by atoms with Crippen LogP contribution in [0.3, 0.4) is 0 Å². The minimum absolute atomic E-state index is 0.176. The summed E-state index contributed by atoms with van der Waals surface area (Å²) in [7, 11) is 0. The Labute approximate surface area is 167 Å². The van der Waals surface area contributed by atoms with E-state index in [4.69, 9.17) is 4.74 Å². The molecule has 2 aliphatic heterocycles. The summed E-state index contributed by atoms with van der Waals surface area (Å²) < 4.78 is 5.54. The van der Waals surface area contributed by atoms with Gasteiger partial charge in [-0.05, 0) is 30.9 Å². The Kier molecular flexibility index (Phi) is 6.43. The van der Waals surface area contributed by atoms with Crippen molar-refractivity contribution >= 4 is 23.9 Å². The van der Waals surface area contributed by atoms with E-state index in [0.717, 1.165) is 11.1 Å². The molecule has 5 atom stereocenters. The van der Waals surface area contributed by atoms with E-state index in [9.17, 15) is 29.7 Å². The largest absolute Gasteiger partial charge is 0.388 e. The molecule has 0 bridgehead atoms. The lowest BCUT2D eigenvalue weighted by Gasteiger charge is -2.39. The second-order valence-corrected chi connectivity index (χ2v) is 7.30. The Morgan fingerprint density at radius 2 is 1.59 bits per heavy atom. The van der Waals surface area contributed by atoms with E-state index in [2.05, 4.69) is 10.6 Å². The molecule has 2 unspecified atom stereocenters. The van der Waals surface area contributed by atoms with Crippen molar-refractivity contribution in [2.24, 2.45) is 5.92 Å². The van der Waals surface area contributed by atoms with Crippen molar-refractivity contribution < 1.29 is 34.4 Å². The summed E-state index contributed by atoms with van der Waals surface area (Å²) in [5, 5.41) is 33.7. The molecule has 0 aliphatic carbocycles. The fourth-order valence-electron chi connectivity index (χ4n) is 3.40. The van der Waals surface area contributed by atoms with E-state index in [0.29, 0.717) is 6.42 Å². The molecule has 0 aromatic heterocycles. The van der Waals surface area contributed by atoms with Crippen LogP contribution in [0.2, 0.25) is 0 Å². The highest BCUT2D eigenvalue weighted by Crippen LogP contribution is 2.23. The quantitative estimate of drug-likeness (QED) is 0.415. The highest BCUT2D eigenvalue weighted by atomic mass is 16.5. The molecule has 2 fully saturated rings. The Morgan fingerprint density at radius 1 is 0.966 bits per heavy atom. The molecule has 2 heterocycles. The number of aliphatic hydroxyl groups is 3. The van der Waals surface area contributed by atoms with Crippen LogP contribution in [0, 0.1) is 5.92 Å². The van der Waals surface area contributed by atoms with Crippen LogP contribution < -0.4 is 10.6 Å². The van der Waals surface area contributed by atoms with Gasteiger partial charge in [-0.1, -0.05) is 36.4 Å². The van der Waals surface area contributed by atoms with Crippen molar-refractivity contribution in [3.8, 4) is 0 Å². The molecular weight excluding hydrogens is 380 g/mol. The van der Waals surface area contributed by atoms with Crippen molar-refractivity contribution in [2.45, 2.75) is 50.3 Å². The van der Waals surface area contributed by atoms with Crippen molar-refractivity contribution in [3.05, 3.63) is 41.5 Å². The van der Waals surface area contributed by atoms with Crippen molar-refractivity contribution in [3.63, 3.8) is 0 Å². The average Bonchev–Trinajstić information content (AvgIpc) is 2.68. The first kappa shape index (κ1) is 21.1. The molecule has 0 saturated carbocycles. The molecule has 156 valence electrons. The van der Waals surface area contributed by atoms with Gasteiger partial charge in [-0.2, -0.15) is 0 Å². The summed E-state index contributed by atoms with van der Waals surface area (Å²) in [5.74, 6) is -2.19. The number of rotatable bonds is 5. The highest BCUT2D eigenvalue weighted by Gasteiger charge is 2.41. The SMILES string of the molecule is CC1O[C@@H](C/C=C/c2ccc(CC3C(=O)NC(=O)NC3=O)cc2)C(O)[C@@H](O)[C@@H]1O. The second-order valence-electron chi connectivity index (χ2n) is 7.30. The molecule has 3 rings (SSSR count). The number of ether oxygens (including phenoxy) is 1. The Balaban J connectivity index is 1.56. The molecule has 2 saturated heterocycles. The van der Waals surface area contributed by atoms with E-state index in [1.165, 1.54) is 0 Å². The van der Waals surface area contributed by atoms with E-state index in [1.807, 2.05) is 18.2 Å². The maximum atomic E-state index is 11.8. The zero-order valence-corrected chi connectivity index (χ0v) is 15.8. The standard InChI is InChI=1S/C20H24N2O7/c1-10-15(23)17(25)16(24)14(29-10)4-2-3-11-5-7-12(8-6-11)9-13-18(26)21-20(28)22-19(13)27/h2-3,5-8,10,13-17,23-25H,4,9H2,1H3,(H2,21,22,26,27,28)/b3-2+/t10?,14-,15+,16?,17-/m0/s1. The highest BCUT2D eigenvalue weighted by molar-refractivity contribution is 6.16. The van der Waals surface area contributed by atoms with Crippen molar-refractivity contribution in [2.75, 3.05) is 0 Å². The van der Waals surface area contributed by atoms with Gasteiger partial charge in [0.1, 0.15) is 24.2 Å². The van der Waals surface area contributed by atoms with Gasteiger partial charge >= 0.3 is 6.03 Å². The average molecular weight is 404 g/mol. The molecule has 9 nitrogen and oxygen atoms in total. The Hall–Kier alpha value is -2.59. The third-order valence-electron chi connectivity index (χ3n) is 5.16. The van der Waals surface area contributed by atoms with Gasteiger partial charge in [0, 0.05) is 0 Å². The molecule has 29 heavy (non-hydrogen) atoms. The number of hydrogen-bond donors (Lipinski definition) is 5. The molecule has 9 heteroatoms. The van der Waals surface area contributed by atoms with Gasteiger partial charge < -0.3 is 20.1 Å². The van der Waals surface area contributed by atoms with E-state index in [-0.39, 0.29) is 6.42 Å². The van der Waals surface area contributed by atoms with E-state index in [1.54, 1.807) is 25.1 Å². The Morgan fingerprint density at radius 3 is 2.21 bits per heavy atom. The minimum Gasteiger partial charge on any atom is -0.388 e. The second kappa shape index (κ2) is 8.83. The number of urea groups is 1. The van der Waals surface area contributed by atoms with Gasteiger partial charge in [0.2, 0.25) is 11.8 Å². The molecule has 2 aliphatic rings. The van der Waals surface area contributed by atoms with Gasteiger partial charge in [0.15, 0.2) is 0 Å². The van der Waals surface area contributed by atoms with Crippen LogP contribution in [0.4, 0.5) is 4.79 Å². The predicted molar refractivity (Wildman–Crippen MR) is 101 cm³/mol. The van der Waals surface area contributed by atoms with Gasteiger partial charge in [-0.15, -0.1) is 0 Å². The lowest BCUT2D eigenvalue weighted by Crippen LogP contribution is -2.56. The smallest absolute Gasteiger partial charge is 0.328 e. The van der Waals surface area contributed by atoms with Crippen LogP contribution in [0.1, 0.15) is 24.5 Å². The molecule has 0 radical (unpaired) electrons. The molecular formula is C20H24N2O7. The summed E-state index contributed by atoms with van der Waals surface area (Å²) >= 11 is 0. The first-order valence-electron chi connectivity index (χ1n) is 9.37. The lowest BCUT2D eigenvalue weighted by molar-refractivity contribution is -0.215. The minimum atomic E-state index is -1.25. The Bertz CT molecular complexity index is 788. The van der Waals surface area contributed by atoms with Gasteiger partial charge in [-0.3, -0.25) is 20.2 Å². The van der Waals surface area contributed by atoms with E-state index < -0.39 is 54.3 Å². The number of benzene rings is 1. The number of imide groups is 2. The predicted octanol–water partition coefficient (Wildman–Crippen LogP) is -0.515. The topological polar surface area (TPSA) is 145 Å². The van der Waals surface area contributed by atoms with Gasteiger partial charge in [0.25, 0.3) is 0 Å². The lowest BCUT2D eigenvalue weighted by atomic mass is 9.93. The monoisotopic (exact) mass is 404 g/mol. The number of barbiturate groups is 1. The van der Waals surface area contributed by atoms with Crippen LogP contribution in [0.25, 0.3) is 6.08 Å². The zero-order valence-electron chi connectivity index (χ0n) is 15.8. The first-order chi connectivity index (χ1) is 13.8. The third kappa shape index (κ3) is 4.88. The summed E-state index contributed by atoms with van der Waals surface area (Å²) in [6, 6.07) is 6.39. The summed E-state index contributed by atoms with van der Waals surface area (Å²) in [6.07, 6.45) is -0.588. The fourth-order valence-corrected chi connectivity index (χ4v) is 3.40. The van der Waals surface area contributed by atoms with Crippen LogP contribution in [0.5, 0.6) is 0 Å². The molecule has 1 aromatic rings. The molecule has 4 amide bonds. The third-order valence-corrected chi connectivity index (χ3v) is 5.16. The summed E-state index contributed by atoms with van der Waals surface area (Å²) in [6.45, 7) is 1.64. The van der Waals surface area contributed by atoms with Gasteiger partial charge in [-0.25, -0.2) is 4.79 Å². The maximum Gasteiger partial charge on any atom is 0.328 e. The molecule has 5 N–H and O–H groups in total. The number of aliphatic hydroxyl groups excluding tert-OH is 3. The van der Waals surface area contributed by atoms with Crippen LogP contribution >= 0.6 is 0 Å². The van der Waals surface area contributed by atoms with Crippen LogP contribution in [0.15, 0.2) is 30.3 Å². The van der Waals surface area contributed by atoms with E-state index >= 15 is 0 Å². The van der Waals surface area contributed by atoms with Crippen LogP contribution in [-0.2, 0) is 20.7 Å². The number of amides is 4. The van der Waals surface area contributed by atoms with Gasteiger partial charge in [0.05, 0.1) is 12.2 Å².